The summed E-state index contributed by atoms with van der Waals surface area (Å²) in [4.78, 5) is 9.73. The molecule has 0 bridgehead atoms. The lowest BCUT2D eigenvalue weighted by Gasteiger charge is -2.07. The highest BCUT2D eigenvalue weighted by Crippen LogP contribution is 2.19. The molecule has 2 rings (SSSR count). The lowest BCUT2D eigenvalue weighted by atomic mass is 10.3. The number of aromatic nitrogens is 2. The minimum atomic E-state index is 0.637. The summed E-state index contributed by atoms with van der Waals surface area (Å²) < 4.78 is 6.64. The molecule has 0 N–H and O–H groups in total. The standard InChI is InChI=1S/C12H13BrN2OS/c1-8-5-10(13)6-14-12(8)16-4-3-11-9(2)15-7-17-11/h5-7H,3-4H2,1-2H3. The zero-order valence-electron chi connectivity index (χ0n) is 9.74. The molecule has 0 radical (unpaired) electrons. The molecule has 0 saturated carbocycles. The number of rotatable bonds is 4. The molecule has 0 amide bonds. The Morgan fingerprint density at radius 3 is 2.82 bits per heavy atom. The third-order valence-corrected chi connectivity index (χ3v) is 3.84. The maximum atomic E-state index is 5.67. The third-order valence-electron chi connectivity index (χ3n) is 2.41. The zero-order chi connectivity index (χ0) is 12.3. The summed E-state index contributed by atoms with van der Waals surface area (Å²) in [5.74, 6) is 0.704. The number of halogens is 1. The van der Waals surface area contributed by atoms with Gasteiger partial charge in [-0.25, -0.2) is 9.97 Å². The van der Waals surface area contributed by atoms with Gasteiger partial charge in [0.2, 0.25) is 5.88 Å². The van der Waals surface area contributed by atoms with Crippen LogP contribution in [0.5, 0.6) is 5.88 Å². The van der Waals surface area contributed by atoms with Crippen LogP contribution in [0.25, 0.3) is 0 Å². The molecule has 0 aliphatic carbocycles. The highest BCUT2D eigenvalue weighted by Gasteiger charge is 2.04. The number of nitrogens with zero attached hydrogens (tertiary/aromatic N) is 2. The van der Waals surface area contributed by atoms with E-state index in [0.29, 0.717) is 12.5 Å². The van der Waals surface area contributed by atoms with E-state index in [-0.39, 0.29) is 0 Å². The van der Waals surface area contributed by atoms with Crippen molar-refractivity contribution in [3.8, 4) is 5.88 Å². The lowest BCUT2D eigenvalue weighted by Crippen LogP contribution is -2.03. The largest absolute Gasteiger partial charge is 0.477 e. The van der Waals surface area contributed by atoms with Crippen LogP contribution in [0.15, 0.2) is 22.2 Å². The van der Waals surface area contributed by atoms with Crippen LogP contribution in [0.1, 0.15) is 16.1 Å². The summed E-state index contributed by atoms with van der Waals surface area (Å²) in [5.41, 5.74) is 4.01. The summed E-state index contributed by atoms with van der Waals surface area (Å²) in [5, 5.41) is 0. The van der Waals surface area contributed by atoms with Gasteiger partial charge in [0.15, 0.2) is 0 Å². The van der Waals surface area contributed by atoms with E-state index in [1.807, 2.05) is 25.4 Å². The maximum absolute atomic E-state index is 5.67. The number of pyridine rings is 1. The van der Waals surface area contributed by atoms with E-state index in [1.54, 1.807) is 17.5 Å². The molecule has 0 aliphatic heterocycles. The number of hydrogen-bond acceptors (Lipinski definition) is 4. The van der Waals surface area contributed by atoms with E-state index in [9.17, 15) is 0 Å². The minimum absolute atomic E-state index is 0.637. The van der Waals surface area contributed by atoms with Crippen LogP contribution >= 0.6 is 27.3 Å². The molecule has 2 aromatic rings. The maximum Gasteiger partial charge on any atom is 0.216 e. The molecule has 17 heavy (non-hydrogen) atoms. The van der Waals surface area contributed by atoms with Crippen molar-refractivity contribution >= 4 is 27.3 Å². The highest BCUT2D eigenvalue weighted by molar-refractivity contribution is 9.10. The first kappa shape index (κ1) is 12.5. The van der Waals surface area contributed by atoms with E-state index < -0.39 is 0 Å². The first-order chi connectivity index (χ1) is 8.16. The fourth-order valence-corrected chi connectivity index (χ4v) is 2.69. The van der Waals surface area contributed by atoms with Gasteiger partial charge in [-0.05, 0) is 35.8 Å². The Morgan fingerprint density at radius 1 is 1.35 bits per heavy atom. The van der Waals surface area contributed by atoms with Crippen molar-refractivity contribution in [2.75, 3.05) is 6.61 Å². The molecular formula is C12H13BrN2OS. The SMILES string of the molecule is Cc1cc(Br)cnc1OCCc1scnc1C. The molecule has 0 aromatic carbocycles. The van der Waals surface area contributed by atoms with Gasteiger partial charge in [0.1, 0.15) is 0 Å². The van der Waals surface area contributed by atoms with Crippen molar-refractivity contribution in [1.82, 2.24) is 9.97 Å². The average molecular weight is 313 g/mol. The Morgan fingerprint density at radius 2 is 2.18 bits per heavy atom. The van der Waals surface area contributed by atoms with Crippen molar-refractivity contribution in [3.63, 3.8) is 0 Å². The molecule has 90 valence electrons. The number of aryl methyl sites for hydroxylation is 2. The fraction of sp³-hybridized carbons (Fsp3) is 0.333. The normalized spacial score (nSPS) is 10.5. The molecule has 0 atom stereocenters. The Hall–Kier alpha value is -0.940. The van der Waals surface area contributed by atoms with Gasteiger partial charge in [0.25, 0.3) is 0 Å². The van der Waals surface area contributed by atoms with E-state index in [0.717, 1.165) is 22.2 Å². The Bertz CT molecular complexity index is 513. The van der Waals surface area contributed by atoms with Crippen LogP contribution in [-0.4, -0.2) is 16.6 Å². The van der Waals surface area contributed by atoms with E-state index >= 15 is 0 Å². The predicted molar refractivity (Wildman–Crippen MR) is 72.7 cm³/mol. The van der Waals surface area contributed by atoms with Crippen LogP contribution in [-0.2, 0) is 6.42 Å². The number of ether oxygens (including phenoxy) is 1. The second-order valence-electron chi connectivity index (χ2n) is 3.73. The first-order valence-electron chi connectivity index (χ1n) is 5.30. The topological polar surface area (TPSA) is 35.0 Å². The van der Waals surface area contributed by atoms with Crippen LogP contribution in [0.3, 0.4) is 0 Å². The summed E-state index contributed by atoms with van der Waals surface area (Å²) in [7, 11) is 0. The minimum Gasteiger partial charge on any atom is -0.477 e. The van der Waals surface area contributed by atoms with Crippen molar-refractivity contribution in [1.29, 1.82) is 0 Å². The van der Waals surface area contributed by atoms with Gasteiger partial charge in [-0.2, -0.15) is 0 Å². The molecule has 3 nitrogen and oxygen atoms in total. The van der Waals surface area contributed by atoms with Crippen LogP contribution < -0.4 is 4.74 Å². The fourth-order valence-electron chi connectivity index (χ4n) is 1.49. The number of thiazole rings is 1. The van der Waals surface area contributed by atoms with E-state index in [2.05, 4.69) is 25.9 Å². The zero-order valence-corrected chi connectivity index (χ0v) is 12.1. The molecule has 0 aliphatic rings. The second kappa shape index (κ2) is 5.60. The van der Waals surface area contributed by atoms with Gasteiger partial charge >= 0.3 is 0 Å². The average Bonchev–Trinajstić information content (AvgIpc) is 2.68. The Labute approximate surface area is 113 Å². The van der Waals surface area contributed by atoms with Crippen molar-refractivity contribution < 1.29 is 4.74 Å². The molecular weight excluding hydrogens is 300 g/mol. The van der Waals surface area contributed by atoms with Crippen molar-refractivity contribution in [2.45, 2.75) is 20.3 Å². The lowest BCUT2D eigenvalue weighted by molar-refractivity contribution is 0.308. The smallest absolute Gasteiger partial charge is 0.216 e. The van der Waals surface area contributed by atoms with E-state index in [1.165, 1.54) is 4.88 Å². The molecule has 5 heteroatoms. The van der Waals surface area contributed by atoms with Crippen LogP contribution in [0.4, 0.5) is 0 Å². The molecule has 0 fully saturated rings. The van der Waals surface area contributed by atoms with Gasteiger partial charge < -0.3 is 4.74 Å². The Balaban J connectivity index is 1.92. The van der Waals surface area contributed by atoms with Gasteiger partial charge in [-0.15, -0.1) is 11.3 Å². The molecule has 0 saturated heterocycles. The molecule has 2 aromatic heterocycles. The van der Waals surface area contributed by atoms with E-state index in [4.69, 9.17) is 4.74 Å². The summed E-state index contributed by atoms with van der Waals surface area (Å²) >= 11 is 5.05. The third kappa shape index (κ3) is 3.26. The van der Waals surface area contributed by atoms with Gasteiger partial charge in [-0.3, -0.25) is 0 Å². The Kier molecular flexibility index (Phi) is 4.12. The van der Waals surface area contributed by atoms with Gasteiger partial charge in [0.05, 0.1) is 17.8 Å². The second-order valence-corrected chi connectivity index (χ2v) is 5.59. The molecule has 0 spiro atoms. The van der Waals surface area contributed by atoms with Crippen LogP contribution in [0, 0.1) is 13.8 Å². The summed E-state index contributed by atoms with van der Waals surface area (Å²) in [6.07, 6.45) is 2.63. The highest BCUT2D eigenvalue weighted by atomic mass is 79.9. The summed E-state index contributed by atoms with van der Waals surface area (Å²) in [6.45, 7) is 4.65. The molecule has 0 unspecified atom stereocenters. The van der Waals surface area contributed by atoms with Gasteiger partial charge in [-0.1, -0.05) is 0 Å². The monoisotopic (exact) mass is 312 g/mol. The van der Waals surface area contributed by atoms with Gasteiger partial charge in [0, 0.05) is 27.5 Å². The quantitative estimate of drug-likeness (QED) is 0.866. The van der Waals surface area contributed by atoms with Crippen molar-refractivity contribution in [3.05, 3.63) is 38.4 Å². The summed E-state index contributed by atoms with van der Waals surface area (Å²) in [6, 6.07) is 2.00. The molecule has 2 heterocycles. The predicted octanol–water partition coefficient (Wildman–Crippen LogP) is 3.54. The first-order valence-corrected chi connectivity index (χ1v) is 6.98. The number of hydrogen-bond donors (Lipinski definition) is 0. The van der Waals surface area contributed by atoms with Crippen LogP contribution in [0.2, 0.25) is 0 Å². The van der Waals surface area contributed by atoms with Crippen molar-refractivity contribution in [2.24, 2.45) is 0 Å².